The number of nitrogens with two attached hydrogens (primary N) is 1. The molecule has 1 amide bonds. The van der Waals surface area contributed by atoms with Crippen molar-refractivity contribution in [3.8, 4) is 0 Å². The van der Waals surface area contributed by atoms with E-state index in [-0.39, 0.29) is 29.4 Å². The zero-order chi connectivity index (χ0) is 17.5. The molecule has 0 aliphatic heterocycles. The number of fused-ring (bicyclic) bond motifs is 1. The summed E-state index contributed by atoms with van der Waals surface area (Å²) >= 11 is 1.52. The Labute approximate surface area is 157 Å². The van der Waals surface area contributed by atoms with Gasteiger partial charge in [0.1, 0.15) is 10.7 Å². The van der Waals surface area contributed by atoms with Crippen LogP contribution in [0, 0.1) is 19.8 Å². The molecule has 1 atom stereocenters. The van der Waals surface area contributed by atoms with E-state index < -0.39 is 0 Å². The summed E-state index contributed by atoms with van der Waals surface area (Å²) in [6, 6.07) is 0. The number of rotatable bonds is 6. The van der Waals surface area contributed by atoms with Gasteiger partial charge in [-0.05, 0) is 45.1 Å². The van der Waals surface area contributed by atoms with Crippen molar-refractivity contribution < 1.29 is 4.79 Å². The van der Waals surface area contributed by atoms with E-state index in [9.17, 15) is 9.59 Å². The standard InChI is InChI=1S/C17H24N4O2S.ClH/c1-9-10(2)24-16-14(9)15(23)19-12(20-16)6-7-13(22)21-17(3,8-18)11-4-5-11;/h11H,4-8,18H2,1-3H3,(H,21,22)(H,19,20,23);1H. The number of H-pyrrole nitrogens is 1. The minimum Gasteiger partial charge on any atom is -0.349 e. The van der Waals surface area contributed by atoms with Crippen LogP contribution in [0.3, 0.4) is 0 Å². The van der Waals surface area contributed by atoms with Crippen molar-refractivity contribution in [1.29, 1.82) is 0 Å². The molecule has 0 aromatic carbocycles. The van der Waals surface area contributed by atoms with Crippen LogP contribution in [0.15, 0.2) is 4.79 Å². The lowest BCUT2D eigenvalue weighted by molar-refractivity contribution is -0.123. The first-order valence-corrected chi connectivity index (χ1v) is 9.15. The predicted molar refractivity (Wildman–Crippen MR) is 104 cm³/mol. The van der Waals surface area contributed by atoms with Crippen molar-refractivity contribution in [1.82, 2.24) is 15.3 Å². The minimum absolute atomic E-state index is 0. The molecule has 8 heteroatoms. The Morgan fingerprint density at radius 2 is 2.12 bits per heavy atom. The van der Waals surface area contributed by atoms with E-state index in [1.165, 1.54) is 11.3 Å². The van der Waals surface area contributed by atoms with E-state index in [4.69, 9.17) is 5.73 Å². The summed E-state index contributed by atoms with van der Waals surface area (Å²) in [5.41, 5.74) is 6.37. The molecule has 1 saturated carbocycles. The second-order valence-corrected chi connectivity index (χ2v) is 8.12. The maximum absolute atomic E-state index is 12.2. The molecule has 2 aromatic heterocycles. The number of carbonyl (C=O) groups is 1. The molecular weight excluding hydrogens is 360 g/mol. The van der Waals surface area contributed by atoms with Crippen LogP contribution in [0.2, 0.25) is 0 Å². The van der Waals surface area contributed by atoms with Crippen LogP contribution >= 0.6 is 23.7 Å². The van der Waals surface area contributed by atoms with Crippen LogP contribution in [0.4, 0.5) is 0 Å². The molecule has 3 rings (SSSR count). The molecule has 0 bridgehead atoms. The Balaban J connectivity index is 0.00000225. The number of amides is 1. The second-order valence-electron chi connectivity index (χ2n) is 6.92. The molecule has 1 unspecified atom stereocenters. The lowest BCUT2D eigenvalue weighted by Crippen LogP contribution is -2.53. The molecule has 1 aliphatic rings. The van der Waals surface area contributed by atoms with Crippen LogP contribution in [-0.4, -0.2) is 28.0 Å². The quantitative estimate of drug-likeness (QED) is 0.710. The van der Waals surface area contributed by atoms with Crippen LogP contribution in [0.5, 0.6) is 0 Å². The lowest BCUT2D eigenvalue weighted by atomic mass is 9.95. The zero-order valence-corrected chi connectivity index (χ0v) is 16.4. The highest BCUT2D eigenvalue weighted by atomic mass is 35.5. The molecule has 2 heterocycles. The normalized spacial score (nSPS) is 16.3. The molecule has 0 saturated heterocycles. The van der Waals surface area contributed by atoms with Crippen molar-refractivity contribution in [2.75, 3.05) is 6.54 Å². The summed E-state index contributed by atoms with van der Waals surface area (Å²) < 4.78 is 0. The van der Waals surface area contributed by atoms with Gasteiger partial charge in [-0.2, -0.15) is 0 Å². The van der Waals surface area contributed by atoms with Crippen LogP contribution in [0.1, 0.15) is 42.5 Å². The molecular formula is C17H25ClN4O2S. The lowest BCUT2D eigenvalue weighted by Gasteiger charge is -2.29. The summed E-state index contributed by atoms with van der Waals surface area (Å²) in [4.78, 5) is 33.7. The molecule has 2 aromatic rings. The fraction of sp³-hybridized carbons (Fsp3) is 0.588. The van der Waals surface area contributed by atoms with E-state index in [1.54, 1.807) is 0 Å². The Bertz CT molecular complexity index is 843. The molecule has 6 nitrogen and oxygen atoms in total. The zero-order valence-electron chi connectivity index (χ0n) is 14.8. The predicted octanol–water partition coefficient (Wildman–Crippen LogP) is 2.20. The number of aromatic amines is 1. The first-order valence-electron chi connectivity index (χ1n) is 8.34. The summed E-state index contributed by atoms with van der Waals surface area (Å²) in [5.74, 6) is 0.999. The van der Waals surface area contributed by atoms with Crippen molar-refractivity contribution >= 4 is 39.9 Å². The van der Waals surface area contributed by atoms with Gasteiger partial charge in [-0.1, -0.05) is 0 Å². The fourth-order valence-corrected chi connectivity index (χ4v) is 4.12. The van der Waals surface area contributed by atoms with Gasteiger partial charge >= 0.3 is 0 Å². The van der Waals surface area contributed by atoms with Crippen molar-refractivity contribution in [2.45, 2.75) is 52.0 Å². The third-order valence-electron chi connectivity index (χ3n) is 5.00. The molecule has 1 fully saturated rings. The number of hydrogen-bond donors (Lipinski definition) is 3. The van der Waals surface area contributed by atoms with Crippen molar-refractivity contribution in [3.05, 3.63) is 26.6 Å². The second kappa shape index (κ2) is 7.43. The van der Waals surface area contributed by atoms with E-state index in [0.717, 1.165) is 28.1 Å². The third-order valence-corrected chi connectivity index (χ3v) is 6.11. The number of aryl methyl sites for hydroxylation is 3. The largest absolute Gasteiger partial charge is 0.349 e. The van der Waals surface area contributed by atoms with E-state index in [0.29, 0.717) is 36.5 Å². The minimum atomic E-state index is -0.316. The van der Waals surface area contributed by atoms with E-state index in [1.807, 2.05) is 20.8 Å². The number of nitrogens with zero attached hydrogens (tertiary/aromatic N) is 1. The third kappa shape index (κ3) is 4.04. The number of hydrogen-bond acceptors (Lipinski definition) is 5. The van der Waals surface area contributed by atoms with Gasteiger partial charge in [0.15, 0.2) is 0 Å². The van der Waals surface area contributed by atoms with Gasteiger partial charge in [-0.25, -0.2) is 4.98 Å². The van der Waals surface area contributed by atoms with Crippen molar-refractivity contribution in [2.24, 2.45) is 11.7 Å². The van der Waals surface area contributed by atoms with Gasteiger partial charge in [0, 0.05) is 24.3 Å². The number of aromatic nitrogens is 2. The first-order chi connectivity index (χ1) is 11.3. The molecule has 4 N–H and O–H groups in total. The molecule has 0 radical (unpaired) electrons. The number of thiophene rings is 1. The highest BCUT2D eigenvalue weighted by Crippen LogP contribution is 2.39. The van der Waals surface area contributed by atoms with Crippen LogP contribution in [0.25, 0.3) is 10.2 Å². The van der Waals surface area contributed by atoms with Gasteiger partial charge < -0.3 is 16.0 Å². The number of halogens is 1. The molecule has 138 valence electrons. The van der Waals surface area contributed by atoms with Gasteiger partial charge in [0.25, 0.3) is 5.56 Å². The maximum Gasteiger partial charge on any atom is 0.259 e. The van der Waals surface area contributed by atoms with Gasteiger partial charge in [-0.3, -0.25) is 9.59 Å². The molecule has 1 aliphatic carbocycles. The van der Waals surface area contributed by atoms with E-state index >= 15 is 0 Å². The Morgan fingerprint density at radius 3 is 2.72 bits per heavy atom. The number of carbonyl (C=O) groups excluding carboxylic acids is 1. The SMILES string of the molecule is Cc1sc2nc(CCC(=O)NC(C)(CN)C3CC3)[nH]c(=O)c2c1C.Cl. The van der Waals surface area contributed by atoms with Crippen LogP contribution < -0.4 is 16.6 Å². The number of nitrogens with one attached hydrogen (secondary N) is 2. The topological polar surface area (TPSA) is 101 Å². The molecule has 0 spiro atoms. The average molecular weight is 385 g/mol. The van der Waals surface area contributed by atoms with Gasteiger partial charge in [0.2, 0.25) is 5.91 Å². The summed E-state index contributed by atoms with van der Waals surface area (Å²) in [5, 5.41) is 3.72. The van der Waals surface area contributed by atoms with Crippen LogP contribution in [-0.2, 0) is 11.2 Å². The maximum atomic E-state index is 12.2. The Morgan fingerprint density at radius 1 is 1.44 bits per heavy atom. The Hall–Kier alpha value is -1.44. The summed E-state index contributed by atoms with van der Waals surface area (Å²) in [6.07, 6.45) is 2.95. The average Bonchev–Trinajstić information content (AvgIpc) is 3.33. The summed E-state index contributed by atoms with van der Waals surface area (Å²) in [7, 11) is 0. The molecule has 25 heavy (non-hydrogen) atoms. The fourth-order valence-electron chi connectivity index (χ4n) is 3.07. The summed E-state index contributed by atoms with van der Waals surface area (Å²) in [6.45, 7) is 6.37. The van der Waals surface area contributed by atoms with Gasteiger partial charge in [-0.15, -0.1) is 23.7 Å². The highest BCUT2D eigenvalue weighted by Gasteiger charge is 2.41. The van der Waals surface area contributed by atoms with Gasteiger partial charge in [0.05, 0.1) is 10.9 Å². The monoisotopic (exact) mass is 384 g/mol. The Kier molecular flexibility index (Phi) is 5.91. The highest BCUT2D eigenvalue weighted by molar-refractivity contribution is 7.18. The first kappa shape index (κ1) is 19.9. The van der Waals surface area contributed by atoms with Crippen molar-refractivity contribution in [3.63, 3.8) is 0 Å². The van der Waals surface area contributed by atoms with E-state index in [2.05, 4.69) is 15.3 Å². The smallest absolute Gasteiger partial charge is 0.259 e.